The maximum atomic E-state index is 11.7. The zero-order valence-electron chi connectivity index (χ0n) is 10.6. The van der Waals surface area contributed by atoms with Crippen LogP contribution < -0.4 is 10.1 Å². The molecule has 0 bridgehead atoms. The van der Waals surface area contributed by atoms with E-state index in [9.17, 15) is 4.79 Å². The molecular formula is C13H17ClN2O2. The van der Waals surface area contributed by atoms with Gasteiger partial charge in [-0.15, -0.1) is 0 Å². The van der Waals surface area contributed by atoms with Crippen LogP contribution in [-0.2, 0) is 11.3 Å². The van der Waals surface area contributed by atoms with Gasteiger partial charge in [-0.1, -0.05) is 17.7 Å². The number of benzene rings is 1. The summed E-state index contributed by atoms with van der Waals surface area (Å²) in [5, 5.41) is 3.60. The summed E-state index contributed by atoms with van der Waals surface area (Å²) in [6.45, 7) is 1.49. The zero-order chi connectivity index (χ0) is 13.1. The number of halogens is 1. The highest BCUT2D eigenvalue weighted by Crippen LogP contribution is 2.28. The van der Waals surface area contributed by atoms with Crippen molar-refractivity contribution in [1.29, 1.82) is 0 Å². The van der Waals surface area contributed by atoms with Crippen molar-refractivity contribution < 1.29 is 9.53 Å². The number of hydrogen-bond acceptors (Lipinski definition) is 3. The van der Waals surface area contributed by atoms with Gasteiger partial charge in [-0.05, 0) is 24.7 Å². The van der Waals surface area contributed by atoms with E-state index in [0.717, 1.165) is 18.7 Å². The third kappa shape index (κ3) is 2.76. The molecule has 0 radical (unpaired) electrons. The molecule has 1 aromatic rings. The highest BCUT2D eigenvalue weighted by atomic mass is 35.5. The molecule has 0 aliphatic carbocycles. The molecule has 0 saturated carbocycles. The molecule has 4 nitrogen and oxygen atoms in total. The Hall–Kier alpha value is -1.26. The van der Waals surface area contributed by atoms with E-state index >= 15 is 0 Å². The number of carbonyl (C=O) groups is 1. The van der Waals surface area contributed by atoms with Gasteiger partial charge in [0.05, 0.1) is 5.02 Å². The third-order valence-corrected chi connectivity index (χ3v) is 3.32. The first kappa shape index (κ1) is 13.2. The molecule has 0 spiro atoms. The lowest BCUT2D eigenvalue weighted by molar-refractivity contribution is -0.132. The molecule has 98 valence electrons. The minimum atomic E-state index is -0.400. The van der Waals surface area contributed by atoms with E-state index in [1.807, 2.05) is 25.2 Å². The molecule has 1 saturated heterocycles. The Balaban J connectivity index is 2.08. The quantitative estimate of drug-likeness (QED) is 0.903. The highest BCUT2D eigenvalue weighted by molar-refractivity contribution is 6.32. The molecule has 5 heteroatoms. The van der Waals surface area contributed by atoms with Gasteiger partial charge in [0.25, 0.3) is 5.91 Å². The van der Waals surface area contributed by atoms with E-state index in [0.29, 0.717) is 17.2 Å². The van der Waals surface area contributed by atoms with Gasteiger partial charge in [0.2, 0.25) is 0 Å². The Bertz CT molecular complexity index is 451. The van der Waals surface area contributed by atoms with Gasteiger partial charge in [0.1, 0.15) is 5.75 Å². The molecule has 1 N–H and O–H groups in total. The van der Waals surface area contributed by atoms with Crippen molar-refractivity contribution in [2.75, 3.05) is 20.6 Å². The minimum Gasteiger partial charge on any atom is -0.479 e. The molecule has 1 aliphatic heterocycles. The second-order valence-corrected chi connectivity index (χ2v) is 4.86. The van der Waals surface area contributed by atoms with Gasteiger partial charge in [0, 0.05) is 26.6 Å². The second kappa shape index (κ2) is 5.59. The SMILES string of the molecule is CNCc1ccc(OC2CCN(C)C2=O)c(Cl)c1. The molecule has 1 aliphatic rings. The van der Waals surface area contributed by atoms with E-state index in [2.05, 4.69) is 5.32 Å². The fourth-order valence-corrected chi connectivity index (χ4v) is 2.25. The van der Waals surface area contributed by atoms with Crippen molar-refractivity contribution >= 4 is 17.5 Å². The van der Waals surface area contributed by atoms with Crippen molar-refractivity contribution in [3.63, 3.8) is 0 Å². The van der Waals surface area contributed by atoms with Gasteiger partial charge in [0.15, 0.2) is 6.10 Å². The first-order chi connectivity index (χ1) is 8.61. The summed E-state index contributed by atoms with van der Waals surface area (Å²) in [5.74, 6) is 0.593. The van der Waals surface area contributed by atoms with Gasteiger partial charge in [-0.3, -0.25) is 4.79 Å². The van der Waals surface area contributed by atoms with Crippen LogP contribution in [0.5, 0.6) is 5.75 Å². The number of amides is 1. The topological polar surface area (TPSA) is 41.6 Å². The van der Waals surface area contributed by atoms with E-state index < -0.39 is 6.10 Å². The number of hydrogen-bond donors (Lipinski definition) is 1. The van der Waals surface area contributed by atoms with Crippen LogP contribution in [0.1, 0.15) is 12.0 Å². The number of likely N-dealkylation sites (tertiary alicyclic amines) is 1. The smallest absolute Gasteiger partial charge is 0.263 e. The highest BCUT2D eigenvalue weighted by Gasteiger charge is 2.31. The molecule has 1 heterocycles. The lowest BCUT2D eigenvalue weighted by Gasteiger charge is -2.14. The first-order valence-corrected chi connectivity index (χ1v) is 6.34. The summed E-state index contributed by atoms with van der Waals surface area (Å²) >= 11 is 6.15. The van der Waals surface area contributed by atoms with Gasteiger partial charge < -0.3 is 15.0 Å². The van der Waals surface area contributed by atoms with Crippen molar-refractivity contribution in [2.24, 2.45) is 0 Å². The van der Waals surface area contributed by atoms with Crippen LogP contribution in [-0.4, -0.2) is 37.6 Å². The van der Waals surface area contributed by atoms with E-state index in [1.54, 1.807) is 11.9 Å². The predicted molar refractivity (Wildman–Crippen MR) is 70.9 cm³/mol. The monoisotopic (exact) mass is 268 g/mol. The van der Waals surface area contributed by atoms with E-state index in [1.165, 1.54) is 0 Å². The Labute approximate surface area is 112 Å². The summed E-state index contributed by atoms with van der Waals surface area (Å²) in [5.41, 5.74) is 1.09. The number of nitrogens with one attached hydrogen (secondary N) is 1. The average molecular weight is 269 g/mol. The van der Waals surface area contributed by atoms with Crippen LogP contribution in [0.4, 0.5) is 0 Å². The summed E-state index contributed by atoms with van der Waals surface area (Å²) in [6, 6.07) is 5.62. The Morgan fingerprint density at radius 2 is 2.33 bits per heavy atom. The summed E-state index contributed by atoms with van der Waals surface area (Å²) in [6.07, 6.45) is 0.312. The molecular weight excluding hydrogens is 252 g/mol. The molecule has 18 heavy (non-hydrogen) atoms. The van der Waals surface area contributed by atoms with Crippen LogP contribution in [0.3, 0.4) is 0 Å². The fourth-order valence-electron chi connectivity index (χ4n) is 2.01. The molecule has 1 atom stereocenters. The number of nitrogens with zero attached hydrogens (tertiary/aromatic N) is 1. The molecule has 0 aromatic heterocycles. The van der Waals surface area contributed by atoms with E-state index in [-0.39, 0.29) is 5.91 Å². The maximum Gasteiger partial charge on any atom is 0.263 e. The average Bonchev–Trinajstić information content (AvgIpc) is 2.65. The minimum absolute atomic E-state index is 0.0189. The van der Waals surface area contributed by atoms with Crippen LogP contribution in [0.2, 0.25) is 5.02 Å². The molecule has 1 aromatic carbocycles. The van der Waals surface area contributed by atoms with Gasteiger partial charge in [-0.2, -0.15) is 0 Å². The zero-order valence-corrected chi connectivity index (χ0v) is 11.3. The molecule has 1 amide bonds. The molecule has 1 unspecified atom stereocenters. The number of ether oxygens (including phenoxy) is 1. The summed E-state index contributed by atoms with van der Waals surface area (Å²) in [7, 11) is 3.66. The maximum absolute atomic E-state index is 11.7. The summed E-state index contributed by atoms with van der Waals surface area (Å²) in [4.78, 5) is 13.4. The number of carbonyl (C=O) groups excluding carboxylic acids is 1. The number of likely N-dealkylation sites (N-methyl/N-ethyl adjacent to an activating group) is 1. The third-order valence-electron chi connectivity index (χ3n) is 3.02. The van der Waals surface area contributed by atoms with Gasteiger partial charge >= 0.3 is 0 Å². The second-order valence-electron chi connectivity index (χ2n) is 4.45. The lowest BCUT2D eigenvalue weighted by Crippen LogP contribution is -2.29. The van der Waals surface area contributed by atoms with Crippen molar-refractivity contribution in [3.05, 3.63) is 28.8 Å². The van der Waals surface area contributed by atoms with Crippen LogP contribution >= 0.6 is 11.6 Å². The molecule has 1 fully saturated rings. The Morgan fingerprint density at radius 1 is 1.56 bits per heavy atom. The van der Waals surface area contributed by atoms with Crippen LogP contribution in [0, 0.1) is 0 Å². The van der Waals surface area contributed by atoms with Crippen LogP contribution in [0.25, 0.3) is 0 Å². The fraction of sp³-hybridized carbons (Fsp3) is 0.462. The lowest BCUT2D eigenvalue weighted by atomic mass is 10.2. The normalized spacial score (nSPS) is 19.4. The van der Waals surface area contributed by atoms with Gasteiger partial charge in [-0.25, -0.2) is 0 Å². The summed E-state index contributed by atoms with van der Waals surface area (Å²) < 4.78 is 5.68. The van der Waals surface area contributed by atoms with Crippen molar-refractivity contribution in [3.8, 4) is 5.75 Å². The van der Waals surface area contributed by atoms with E-state index in [4.69, 9.17) is 16.3 Å². The predicted octanol–water partition coefficient (Wildman–Crippen LogP) is 1.67. The Morgan fingerprint density at radius 3 is 2.89 bits per heavy atom. The number of rotatable bonds is 4. The van der Waals surface area contributed by atoms with Crippen molar-refractivity contribution in [1.82, 2.24) is 10.2 Å². The van der Waals surface area contributed by atoms with Crippen LogP contribution in [0.15, 0.2) is 18.2 Å². The van der Waals surface area contributed by atoms with Crippen molar-refractivity contribution in [2.45, 2.75) is 19.1 Å². The Kier molecular flexibility index (Phi) is 4.09. The first-order valence-electron chi connectivity index (χ1n) is 5.96. The molecule has 2 rings (SSSR count). The standard InChI is InChI=1S/C13H17ClN2O2/c1-15-8-9-3-4-11(10(14)7-9)18-12-5-6-16(2)13(12)17/h3-4,7,12,15H,5-6,8H2,1-2H3. The largest absolute Gasteiger partial charge is 0.479 e.